The number of unbranched alkanes of at least 4 members (excludes halogenated alkanes) is 2. The number of carbonyl (C=O) groups is 1. The average molecular weight is 297 g/mol. The second kappa shape index (κ2) is 8.23. The molecule has 1 unspecified atom stereocenters. The van der Waals surface area contributed by atoms with Crippen molar-refractivity contribution in [3.05, 3.63) is 35.4 Å². The van der Waals surface area contributed by atoms with Gasteiger partial charge in [-0.3, -0.25) is 9.69 Å². The van der Waals surface area contributed by atoms with Gasteiger partial charge in [0.05, 0.1) is 6.04 Å². The van der Waals surface area contributed by atoms with Crippen LogP contribution in [0, 0.1) is 11.6 Å². The van der Waals surface area contributed by atoms with E-state index in [0.29, 0.717) is 0 Å². The van der Waals surface area contributed by atoms with E-state index in [1.807, 2.05) is 20.8 Å². The summed E-state index contributed by atoms with van der Waals surface area (Å²) in [5, 5.41) is 0. The van der Waals surface area contributed by atoms with E-state index in [1.54, 1.807) is 0 Å². The average Bonchev–Trinajstić information content (AvgIpc) is 2.44. The molecular formula is C17H25F2NO. The van der Waals surface area contributed by atoms with Crippen molar-refractivity contribution in [3.8, 4) is 0 Å². The zero-order valence-corrected chi connectivity index (χ0v) is 13.3. The molecule has 0 aliphatic heterocycles. The molecule has 0 amide bonds. The Morgan fingerprint density at radius 1 is 1.14 bits per heavy atom. The minimum atomic E-state index is -0.977. The number of carbonyl (C=O) groups excluding carboxylic acids is 1. The Balaban J connectivity index is 2.83. The fourth-order valence-corrected chi connectivity index (χ4v) is 2.48. The Hall–Kier alpha value is -1.29. The largest absolute Gasteiger partial charge is 0.292 e. The zero-order chi connectivity index (χ0) is 16.0. The van der Waals surface area contributed by atoms with Crippen LogP contribution in [0.5, 0.6) is 0 Å². The number of nitrogens with zero attached hydrogens (tertiary/aromatic N) is 1. The molecule has 0 N–H and O–H groups in total. The fraction of sp³-hybridized carbons (Fsp3) is 0.588. The maximum Gasteiger partial charge on any atom is 0.179 e. The summed E-state index contributed by atoms with van der Waals surface area (Å²) in [4.78, 5) is 14.6. The van der Waals surface area contributed by atoms with E-state index in [4.69, 9.17) is 0 Å². The molecule has 0 saturated carbocycles. The summed E-state index contributed by atoms with van der Waals surface area (Å²) in [6.45, 7) is 8.88. The second-order valence-electron chi connectivity index (χ2n) is 5.71. The van der Waals surface area contributed by atoms with Crippen molar-refractivity contribution >= 4 is 5.78 Å². The van der Waals surface area contributed by atoms with Gasteiger partial charge in [0.25, 0.3) is 0 Å². The van der Waals surface area contributed by atoms with Gasteiger partial charge in [-0.1, -0.05) is 19.8 Å². The summed E-state index contributed by atoms with van der Waals surface area (Å²) in [6, 6.07) is 3.23. The Kier molecular flexibility index (Phi) is 6.96. The zero-order valence-electron chi connectivity index (χ0n) is 13.3. The lowest BCUT2D eigenvalue weighted by molar-refractivity contribution is 0.0784. The lowest BCUT2D eigenvalue weighted by Crippen LogP contribution is -2.44. The number of ketones is 1. The summed E-state index contributed by atoms with van der Waals surface area (Å²) in [6.07, 6.45) is 3.27. The minimum absolute atomic E-state index is 0.168. The van der Waals surface area contributed by atoms with Gasteiger partial charge in [0.2, 0.25) is 0 Å². The van der Waals surface area contributed by atoms with Crippen molar-refractivity contribution in [1.29, 1.82) is 0 Å². The molecule has 118 valence electrons. The molecule has 0 bridgehead atoms. The molecule has 0 spiro atoms. The number of rotatable bonds is 8. The Bertz CT molecular complexity index is 474. The number of hydrogen-bond donors (Lipinski definition) is 0. The van der Waals surface area contributed by atoms with Crippen molar-refractivity contribution in [2.24, 2.45) is 0 Å². The van der Waals surface area contributed by atoms with Crippen LogP contribution in [0.2, 0.25) is 0 Å². The van der Waals surface area contributed by atoms with Gasteiger partial charge in [-0.15, -0.1) is 0 Å². The summed E-state index contributed by atoms with van der Waals surface area (Å²) >= 11 is 0. The molecule has 0 radical (unpaired) electrons. The molecule has 1 aromatic rings. The quantitative estimate of drug-likeness (QED) is 0.522. The van der Waals surface area contributed by atoms with E-state index < -0.39 is 11.6 Å². The van der Waals surface area contributed by atoms with Crippen LogP contribution < -0.4 is 0 Å². The lowest BCUT2D eigenvalue weighted by Gasteiger charge is -2.32. The first-order valence-electron chi connectivity index (χ1n) is 7.63. The first-order valence-corrected chi connectivity index (χ1v) is 7.63. The summed E-state index contributed by atoms with van der Waals surface area (Å²) in [5.41, 5.74) is 0.225. The van der Waals surface area contributed by atoms with Crippen LogP contribution in [0.4, 0.5) is 8.78 Å². The third-order valence-electron chi connectivity index (χ3n) is 3.76. The van der Waals surface area contributed by atoms with E-state index in [-0.39, 0.29) is 23.4 Å². The van der Waals surface area contributed by atoms with Crippen molar-refractivity contribution in [2.75, 3.05) is 6.54 Å². The molecule has 0 saturated heterocycles. The molecule has 0 heterocycles. The van der Waals surface area contributed by atoms with Gasteiger partial charge in [0, 0.05) is 11.6 Å². The van der Waals surface area contributed by atoms with Gasteiger partial charge < -0.3 is 0 Å². The van der Waals surface area contributed by atoms with Gasteiger partial charge in [-0.05, 0) is 51.9 Å². The predicted octanol–water partition coefficient (Wildman–Crippen LogP) is 4.44. The van der Waals surface area contributed by atoms with E-state index in [0.717, 1.165) is 37.9 Å². The van der Waals surface area contributed by atoms with Crippen molar-refractivity contribution in [3.63, 3.8) is 0 Å². The third-order valence-corrected chi connectivity index (χ3v) is 3.76. The normalized spacial score (nSPS) is 13.0. The SMILES string of the molecule is CCCCCN(C(C)C)C(C)C(=O)c1ccc(F)c(F)c1. The van der Waals surface area contributed by atoms with Gasteiger partial charge in [-0.25, -0.2) is 8.78 Å². The number of hydrogen-bond acceptors (Lipinski definition) is 2. The first kappa shape index (κ1) is 17.8. The standard InChI is InChI=1S/C17H25F2NO/c1-5-6-7-10-20(12(2)3)13(4)17(21)14-8-9-15(18)16(19)11-14/h8-9,11-13H,5-7,10H2,1-4H3. The van der Waals surface area contributed by atoms with Crippen LogP contribution in [-0.4, -0.2) is 29.3 Å². The van der Waals surface area contributed by atoms with Gasteiger partial charge in [-0.2, -0.15) is 0 Å². The Labute approximate surface area is 126 Å². The first-order chi connectivity index (χ1) is 9.88. The van der Waals surface area contributed by atoms with Crippen LogP contribution in [0.1, 0.15) is 57.3 Å². The van der Waals surface area contributed by atoms with Crippen molar-refractivity contribution < 1.29 is 13.6 Å². The van der Waals surface area contributed by atoms with Crippen molar-refractivity contribution in [1.82, 2.24) is 4.90 Å². The molecule has 1 aromatic carbocycles. The molecule has 1 atom stereocenters. The van der Waals surface area contributed by atoms with Crippen LogP contribution >= 0.6 is 0 Å². The summed E-state index contributed by atoms with van der Waals surface area (Å²) < 4.78 is 26.2. The molecule has 0 aliphatic rings. The lowest BCUT2D eigenvalue weighted by atomic mass is 10.0. The smallest absolute Gasteiger partial charge is 0.179 e. The molecule has 21 heavy (non-hydrogen) atoms. The summed E-state index contributed by atoms with van der Waals surface area (Å²) in [5.74, 6) is -2.07. The maximum atomic E-state index is 13.3. The number of halogens is 2. The fourth-order valence-electron chi connectivity index (χ4n) is 2.48. The van der Waals surface area contributed by atoms with Crippen LogP contribution in [0.25, 0.3) is 0 Å². The predicted molar refractivity (Wildman–Crippen MR) is 81.5 cm³/mol. The number of Topliss-reactive ketones (excluding diaryl/α,β-unsaturated/α-hetero) is 1. The van der Waals surface area contributed by atoms with Crippen LogP contribution in [0.15, 0.2) is 18.2 Å². The topological polar surface area (TPSA) is 20.3 Å². The Morgan fingerprint density at radius 3 is 2.33 bits per heavy atom. The minimum Gasteiger partial charge on any atom is -0.292 e. The Morgan fingerprint density at radius 2 is 1.81 bits per heavy atom. The molecule has 0 aromatic heterocycles. The molecular weight excluding hydrogens is 272 g/mol. The monoisotopic (exact) mass is 297 g/mol. The highest BCUT2D eigenvalue weighted by Gasteiger charge is 2.24. The van der Waals surface area contributed by atoms with Crippen LogP contribution in [-0.2, 0) is 0 Å². The van der Waals surface area contributed by atoms with Crippen molar-refractivity contribution in [2.45, 2.75) is 59.0 Å². The van der Waals surface area contributed by atoms with E-state index in [9.17, 15) is 13.6 Å². The van der Waals surface area contributed by atoms with Gasteiger partial charge in [0.15, 0.2) is 17.4 Å². The molecule has 2 nitrogen and oxygen atoms in total. The number of benzene rings is 1. The highest BCUT2D eigenvalue weighted by atomic mass is 19.2. The third kappa shape index (κ3) is 4.88. The maximum absolute atomic E-state index is 13.3. The van der Waals surface area contributed by atoms with Gasteiger partial charge in [0.1, 0.15) is 0 Å². The molecule has 0 aliphatic carbocycles. The highest BCUT2D eigenvalue weighted by molar-refractivity contribution is 5.99. The van der Waals surface area contributed by atoms with E-state index in [2.05, 4.69) is 11.8 Å². The van der Waals surface area contributed by atoms with Gasteiger partial charge >= 0.3 is 0 Å². The second-order valence-corrected chi connectivity index (χ2v) is 5.71. The summed E-state index contributed by atoms with van der Waals surface area (Å²) in [7, 11) is 0. The highest BCUT2D eigenvalue weighted by Crippen LogP contribution is 2.16. The molecule has 4 heteroatoms. The molecule has 1 rings (SSSR count). The van der Waals surface area contributed by atoms with Crippen LogP contribution in [0.3, 0.4) is 0 Å². The van der Waals surface area contributed by atoms with E-state index in [1.165, 1.54) is 6.07 Å². The van der Waals surface area contributed by atoms with E-state index >= 15 is 0 Å². The molecule has 0 fully saturated rings.